The van der Waals surface area contributed by atoms with Gasteiger partial charge in [0.15, 0.2) is 0 Å². The Labute approximate surface area is 128 Å². The average molecular weight is 291 g/mol. The van der Waals surface area contributed by atoms with Gasteiger partial charge in [-0.1, -0.05) is 27.7 Å². The van der Waals surface area contributed by atoms with Crippen LogP contribution in [0.5, 0.6) is 0 Å². The fourth-order valence-corrected chi connectivity index (χ4v) is 2.31. The molecule has 1 aromatic heterocycles. The summed E-state index contributed by atoms with van der Waals surface area (Å²) < 4.78 is 0. The Morgan fingerprint density at radius 1 is 1.14 bits per heavy atom. The number of piperazine rings is 1. The molecule has 21 heavy (non-hydrogen) atoms. The summed E-state index contributed by atoms with van der Waals surface area (Å²) in [7, 11) is 2.16. The molecular weight excluding hydrogens is 262 g/mol. The fraction of sp³-hybridized carbons (Fsp3) is 0.750. The lowest BCUT2D eigenvalue weighted by Gasteiger charge is -2.33. The Kier molecular flexibility index (Phi) is 5.04. The van der Waals surface area contributed by atoms with Crippen LogP contribution < -0.4 is 10.2 Å². The van der Waals surface area contributed by atoms with E-state index in [0.29, 0.717) is 0 Å². The SMILES string of the molecule is CCCNc1cc(C(C)(C)C)nc(N2CCN(C)CC2)n1. The number of aromatic nitrogens is 2. The second-order valence-electron chi connectivity index (χ2n) is 6.91. The molecule has 1 saturated heterocycles. The van der Waals surface area contributed by atoms with Gasteiger partial charge >= 0.3 is 0 Å². The Morgan fingerprint density at radius 3 is 2.38 bits per heavy atom. The molecule has 0 unspecified atom stereocenters. The van der Waals surface area contributed by atoms with Crippen LogP contribution in [0.4, 0.5) is 11.8 Å². The van der Waals surface area contributed by atoms with Gasteiger partial charge < -0.3 is 15.1 Å². The molecule has 5 heteroatoms. The first-order valence-electron chi connectivity index (χ1n) is 7.97. The highest BCUT2D eigenvalue weighted by molar-refractivity contribution is 5.45. The van der Waals surface area contributed by atoms with Crippen molar-refractivity contribution in [3.05, 3.63) is 11.8 Å². The van der Waals surface area contributed by atoms with Crippen molar-refractivity contribution in [3.63, 3.8) is 0 Å². The monoisotopic (exact) mass is 291 g/mol. The zero-order valence-corrected chi connectivity index (χ0v) is 14.1. The number of rotatable bonds is 4. The second kappa shape index (κ2) is 6.60. The number of likely N-dealkylation sites (N-methyl/N-ethyl adjacent to an activating group) is 1. The lowest BCUT2D eigenvalue weighted by atomic mass is 9.92. The molecule has 0 radical (unpaired) electrons. The number of nitrogens with one attached hydrogen (secondary N) is 1. The third-order valence-corrected chi connectivity index (χ3v) is 3.83. The van der Waals surface area contributed by atoms with Gasteiger partial charge in [0.2, 0.25) is 5.95 Å². The van der Waals surface area contributed by atoms with E-state index < -0.39 is 0 Å². The summed E-state index contributed by atoms with van der Waals surface area (Å²) in [4.78, 5) is 14.2. The number of hydrogen-bond donors (Lipinski definition) is 1. The normalized spacial score (nSPS) is 17.1. The van der Waals surface area contributed by atoms with E-state index in [4.69, 9.17) is 9.97 Å². The minimum Gasteiger partial charge on any atom is -0.370 e. The van der Waals surface area contributed by atoms with E-state index in [2.05, 4.69) is 55.9 Å². The molecule has 2 rings (SSSR count). The summed E-state index contributed by atoms with van der Waals surface area (Å²) in [6.07, 6.45) is 1.10. The Balaban J connectivity index is 2.26. The summed E-state index contributed by atoms with van der Waals surface area (Å²) in [6, 6.07) is 2.09. The van der Waals surface area contributed by atoms with Crippen LogP contribution >= 0.6 is 0 Å². The standard InChI is InChI=1S/C16H29N5/c1-6-7-17-14-12-13(16(2,3)4)18-15(19-14)21-10-8-20(5)9-11-21/h12H,6-11H2,1-5H3,(H,17,18,19). The summed E-state index contributed by atoms with van der Waals surface area (Å²) in [5, 5.41) is 3.41. The molecule has 0 aliphatic carbocycles. The van der Waals surface area contributed by atoms with Gasteiger partial charge in [0.25, 0.3) is 0 Å². The lowest BCUT2D eigenvalue weighted by Crippen LogP contribution is -2.45. The molecular formula is C16H29N5. The first kappa shape index (κ1) is 16.0. The van der Waals surface area contributed by atoms with Crippen LogP contribution in [0, 0.1) is 0 Å². The molecule has 1 aromatic rings. The van der Waals surface area contributed by atoms with E-state index in [0.717, 1.165) is 56.6 Å². The van der Waals surface area contributed by atoms with Gasteiger partial charge in [-0.05, 0) is 13.5 Å². The molecule has 2 heterocycles. The van der Waals surface area contributed by atoms with Gasteiger partial charge in [-0.2, -0.15) is 4.98 Å². The average Bonchev–Trinajstić information content (AvgIpc) is 2.44. The Morgan fingerprint density at radius 2 is 1.81 bits per heavy atom. The summed E-state index contributed by atoms with van der Waals surface area (Å²) in [6.45, 7) is 13.9. The van der Waals surface area contributed by atoms with Gasteiger partial charge in [-0.15, -0.1) is 0 Å². The molecule has 118 valence electrons. The van der Waals surface area contributed by atoms with E-state index in [1.54, 1.807) is 0 Å². The smallest absolute Gasteiger partial charge is 0.227 e. The first-order valence-corrected chi connectivity index (χ1v) is 7.97. The van der Waals surface area contributed by atoms with Gasteiger partial charge in [0.1, 0.15) is 5.82 Å². The molecule has 1 fully saturated rings. The van der Waals surface area contributed by atoms with Crippen molar-refractivity contribution in [2.45, 2.75) is 39.5 Å². The molecule has 5 nitrogen and oxygen atoms in total. The molecule has 0 atom stereocenters. The van der Waals surface area contributed by atoms with Crippen molar-refractivity contribution in [3.8, 4) is 0 Å². The van der Waals surface area contributed by atoms with Crippen LogP contribution in [0.15, 0.2) is 6.07 Å². The van der Waals surface area contributed by atoms with Crippen molar-refractivity contribution < 1.29 is 0 Å². The van der Waals surface area contributed by atoms with Crippen molar-refractivity contribution in [2.24, 2.45) is 0 Å². The highest BCUT2D eigenvalue weighted by Gasteiger charge is 2.22. The maximum Gasteiger partial charge on any atom is 0.227 e. The van der Waals surface area contributed by atoms with Crippen LogP contribution in [0.2, 0.25) is 0 Å². The van der Waals surface area contributed by atoms with E-state index in [-0.39, 0.29) is 5.41 Å². The predicted octanol–water partition coefficient (Wildman–Crippen LogP) is 2.35. The van der Waals surface area contributed by atoms with Gasteiger partial charge in [0.05, 0.1) is 5.69 Å². The lowest BCUT2D eigenvalue weighted by molar-refractivity contribution is 0.311. The molecule has 1 N–H and O–H groups in total. The summed E-state index contributed by atoms with van der Waals surface area (Å²) in [5.74, 6) is 1.82. The van der Waals surface area contributed by atoms with Crippen molar-refractivity contribution >= 4 is 11.8 Å². The highest BCUT2D eigenvalue weighted by Crippen LogP contribution is 2.25. The third-order valence-electron chi connectivity index (χ3n) is 3.83. The Hall–Kier alpha value is -1.36. The van der Waals surface area contributed by atoms with Gasteiger partial charge in [-0.25, -0.2) is 4.98 Å². The number of hydrogen-bond acceptors (Lipinski definition) is 5. The van der Waals surface area contributed by atoms with E-state index in [1.165, 1.54) is 0 Å². The maximum atomic E-state index is 4.82. The largest absolute Gasteiger partial charge is 0.370 e. The van der Waals surface area contributed by atoms with Crippen LogP contribution in [-0.4, -0.2) is 54.6 Å². The third kappa shape index (κ3) is 4.30. The van der Waals surface area contributed by atoms with Gasteiger partial charge in [0, 0.05) is 44.2 Å². The minimum atomic E-state index is 0.0346. The topological polar surface area (TPSA) is 44.3 Å². The molecule has 1 aliphatic rings. The summed E-state index contributed by atoms with van der Waals surface area (Å²) >= 11 is 0. The fourth-order valence-electron chi connectivity index (χ4n) is 2.31. The molecule has 0 aromatic carbocycles. The van der Waals surface area contributed by atoms with Crippen LogP contribution in [0.1, 0.15) is 39.8 Å². The Bertz CT molecular complexity index is 458. The van der Waals surface area contributed by atoms with E-state index in [1.807, 2.05) is 0 Å². The second-order valence-corrected chi connectivity index (χ2v) is 6.91. The zero-order valence-electron chi connectivity index (χ0n) is 14.1. The van der Waals surface area contributed by atoms with Crippen LogP contribution in [0.3, 0.4) is 0 Å². The van der Waals surface area contributed by atoms with Crippen LogP contribution in [-0.2, 0) is 5.41 Å². The zero-order chi connectivity index (χ0) is 15.5. The highest BCUT2D eigenvalue weighted by atomic mass is 15.3. The predicted molar refractivity (Wildman–Crippen MR) is 89.2 cm³/mol. The molecule has 0 amide bonds. The number of anilines is 2. The molecule has 0 saturated carbocycles. The number of nitrogens with zero attached hydrogens (tertiary/aromatic N) is 4. The first-order chi connectivity index (χ1) is 9.90. The summed E-state index contributed by atoms with van der Waals surface area (Å²) in [5.41, 5.74) is 1.14. The van der Waals surface area contributed by atoms with E-state index >= 15 is 0 Å². The van der Waals surface area contributed by atoms with Crippen molar-refractivity contribution in [2.75, 3.05) is 50.0 Å². The van der Waals surface area contributed by atoms with Crippen molar-refractivity contribution in [1.82, 2.24) is 14.9 Å². The molecule has 1 aliphatic heterocycles. The van der Waals surface area contributed by atoms with Crippen LogP contribution in [0.25, 0.3) is 0 Å². The maximum absolute atomic E-state index is 4.82. The molecule has 0 bridgehead atoms. The molecule has 0 spiro atoms. The van der Waals surface area contributed by atoms with Crippen molar-refractivity contribution in [1.29, 1.82) is 0 Å². The van der Waals surface area contributed by atoms with Gasteiger partial charge in [-0.3, -0.25) is 0 Å². The van der Waals surface area contributed by atoms with E-state index in [9.17, 15) is 0 Å². The minimum absolute atomic E-state index is 0.0346. The quantitative estimate of drug-likeness (QED) is 0.922.